The molecule has 0 amide bonds. The number of thiophene rings is 1. The monoisotopic (exact) mass is 1600 g/mol. The highest BCUT2D eigenvalue weighted by atomic mass is 32.1. The number of hydrogen-bond donors (Lipinski definition) is 0. The minimum atomic E-state index is 0.113. The molecule has 0 spiro atoms. The van der Waals surface area contributed by atoms with Crippen molar-refractivity contribution in [3.05, 3.63) is 392 Å². The summed E-state index contributed by atoms with van der Waals surface area (Å²) in [7, 11) is 0. The van der Waals surface area contributed by atoms with Crippen LogP contribution in [0.3, 0.4) is 0 Å². The van der Waals surface area contributed by atoms with Crippen molar-refractivity contribution in [3.8, 4) is 73.2 Å². The molecule has 24 rings (SSSR count). The maximum absolute atomic E-state index is 6.85. The number of aryl methyl sites for hydroxylation is 3. The van der Waals surface area contributed by atoms with Gasteiger partial charge in [0.15, 0.2) is 5.58 Å². The molecule has 0 bridgehead atoms. The van der Waals surface area contributed by atoms with Gasteiger partial charge < -0.3 is 22.7 Å². The van der Waals surface area contributed by atoms with E-state index in [0.29, 0.717) is 0 Å². The summed E-state index contributed by atoms with van der Waals surface area (Å²) in [6.07, 6.45) is 11.5. The number of para-hydroxylation sites is 4. The van der Waals surface area contributed by atoms with Gasteiger partial charge in [-0.3, -0.25) is 19.5 Å². The molecular formula is C112H81N9OS. The van der Waals surface area contributed by atoms with Crippen molar-refractivity contribution in [2.24, 2.45) is 0 Å². The predicted octanol–water partition coefficient (Wildman–Crippen LogP) is 29.8. The standard InChI is InChI=1S/C112H81N9OS/c1-6-84(79-23-17-26-83(60-79)120-99-47-43-78(64-94(99)107-100(120)34-18-50-113-107)80-65-93-88-30-10-14-37-104(88)122-111(93)103(66-80)121-101-35-19-51-114-108(101)109-102(121)36-20-52-115-109)89(71-38-40-72(41-39-71)112-116-53-54-117(112)110-69(4)55-67(2)56-70(110)5)57-68(3)73-21-15-24-81(58-73)119-97-33-13-9-29-87(97)90-61-75(42-46-98(90)119)77-45-49-106-92(63-77)91-62-76(44-48-105(91)123-106)74-22-16-25-82(59-74)118-95-31-11-7-27-85(95)86-28-8-12-32-96(86)118/h7-56,58-66,68,84,89H,6,57H2,1-5H3. The Bertz CT molecular complexity index is 8320. The van der Waals surface area contributed by atoms with E-state index in [0.717, 1.165) is 124 Å². The van der Waals surface area contributed by atoms with Crippen molar-refractivity contribution in [2.75, 3.05) is 0 Å². The number of nitrogens with zero attached hydrogens (tertiary/aromatic N) is 9. The van der Waals surface area contributed by atoms with Gasteiger partial charge in [-0.05, 0) is 270 Å². The summed E-state index contributed by atoms with van der Waals surface area (Å²) in [6, 6.07) is 122. The smallest absolute Gasteiger partial charge is 0.159 e. The molecule has 0 saturated carbocycles. The number of furan rings is 1. The first-order valence-electron chi connectivity index (χ1n) is 42.6. The first kappa shape index (κ1) is 72.0. The second-order valence-corrected chi connectivity index (χ2v) is 34.5. The molecule has 0 saturated heterocycles. The maximum atomic E-state index is 6.85. The molecule has 123 heavy (non-hydrogen) atoms. The van der Waals surface area contributed by atoms with E-state index in [9.17, 15) is 0 Å². The topological polar surface area (TPSA) is 89.3 Å². The first-order chi connectivity index (χ1) is 60.6. The van der Waals surface area contributed by atoms with Gasteiger partial charge in [-0.15, -0.1) is 11.3 Å². The van der Waals surface area contributed by atoms with Crippen LogP contribution in [0.25, 0.3) is 203 Å². The van der Waals surface area contributed by atoms with Gasteiger partial charge in [-0.2, -0.15) is 0 Å². The molecule has 14 aromatic carbocycles. The van der Waals surface area contributed by atoms with Crippen molar-refractivity contribution in [2.45, 2.75) is 65.2 Å². The summed E-state index contributed by atoms with van der Waals surface area (Å²) in [6.45, 7) is 11.4. The Kier molecular flexibility index (Phi) is 16.7. The van der Waals surface area contributed by atoms with Crippen molar-refractivity contribution in [1.82, 2.24) is 42.8 Å². The molecular weight excluding hydrogens is 1520 g/mol. The van der Waals surface area contributed by atoms with E-state index < -0.39 is 0 Å². The number of benzene rings is 14. The van der Waals surface area contributed by atoms with E-state index in [4.69, 9.17) is 24.4 Å². The largest absolute Gasteiger partial charge is 0.454 e. The van der Waals surface area contributed by atoms with Crippen LogP contribution in [0.1, 0.15) is 77.8 Å². The number of fused-ring (bicyclic) bond motifs is 18. The maximum Gasteiger partial charge on any atom is 0.159 e. The summed E-state index contributed by atoms with van der Waals surface area (Å²) in [5.74, 6) is 1.33. The molecule has 3 atom stereocenters. The van der Waals surface area contributed by atoms with Crippen LogP contribution < -0.4 is 0 Å². The highest BCUT2D eigenvalue weighted by molar-refractivity contribution is 7.25. The molecule has 24 aromatic rings. The van der Waals surface area contributed by atoms with Gasteiger partial charge in [-0.25, -0.2) is 4.98 Å². The molecule has 0 aliphatic carbocycles. The third-order valence-corrected chi connectivity index (χ3v) is 27.4. The minimum absolute atomic E-state index is 0.113. The Hall–Kier alpha value is -15.0. The fraction of sp³-hybridized carbons (Fsp3) is 0.0893. The first-order valence-corrected chi connectivity index (χ1v) is 43.5. The second-order valence-electron chi connectivity index (χ2n) is 33.5. The van der Waals surface area contributed by atoms with E-state index in [1.807, 2.05) is 54.3 Å². The summed E-state index contributed by atoms with van der Waals surface area (Å²) in [5.41, 5.74) is 34.2. The van der Waals surface area contributed by atoms with E-state index >= 15 is 0 Å². The van der Waals surface area contributed by atoms with Crippen LogP contribution >= 0.6 is 11.3 Å². The predicted molar refractivity (Wildman–Crippen MR) is 512 cm³/mol. The molecule has 0 fully saturated rings. The van der Waals surface area contributed by atoms with Gasteiger partial charge in [0.25, 0.3) is 0 Å². The van der Waals surface area contributed by atoms with E-state index in [2.05, 4.69) is 373 Å². The molecule has 3 unspecified atom stereocenters. The summed E-state index contributed by atoms with van der Waals surface area (Å²) in [5, 5.41) is 10.7. The molecule has 0 N–H and O–H groups in total. The fourth-order valence-electron chi connectivity index (χ4n) is 20.7. The Morgan fingerprint density at radius 1 is 0.325 bits per heavy atom. The quantitative estimate of drug-likeness (QED) is 0.0961. The third kappa shape index (κ3) is 11.7. The zero-order valence-electron chi connectivity index (χ0n) is 68.6. The lowest BCUT2D eigenvalue weighted by molar-refractivity contribution is 0.460. The minimum Gasteiger partial charge on any atom is -0.454 e. The van der Waals surface area contributed by atoms with Gasteiger partial charge in [-0.1, -0.05) is 189 Å². The normalized spacial score (nSPS) is 12.9. The van der Waals surface area contributed by atoms with Crippen LogP contribution in [0.4, 0.5) is 0 Å². The molecule has 0 aliphatic heterocycles. The SMILES string of the molecule is CCC(c1cccc(-n2c3ccc(-c4cc(-n5c6cccnc6c6ncccc65)c5oc6ccccc6c5c4)cc3c3ncccc32)c1)C(CC(C)c1cccc(-n2c3ccccc3c3cc(-c4ccc5sc6ccc(-c7cccc(-n8c9ccccc9c9ccccc98)c7)cc6c5c4)ccc32)c1)c1ccc(-c2nccn2-c2c(C)cc(C)cc2C)cc1. The highest BCUT2D eigenvalue weighted by Crippen LogP contribution is 2.48. The third-order valence-electron chi connectivity index (χ3n) is 26.2. The van der Waals surface area contributed by atoms with Gasteiger partial charge in [0.2, 0.25) is 0 Å². The Balaban J connectivity index is 0.579. The Morgan fingerprint density at radius 2 is 0.797 bits per heavy atom. The van der Waals surface area contributed by atoms with Crippen LogP contribution in [0.5, 0.6) is 0 Å². The van der Waals surface area contributed by atoms with Gasteiger partial charge >= 0.3 is 0 Å². The highest BCUT2D eigenvalue weighted by Gasteiger charge is 2.30. The molecule has 10 aromatic heterocycles. The lowest BCUT2D eigenvalue weighted by atomic mass is 9.74. The van der Waals surface area contributed by atoms with Crippen LogP contribution in [0.15, 0.2) is 363 Å². The average Bonchev–Trinajstić information content (AvgIpc) is 1.56. The van der Waals surface area contributed by atoms with Gasteiger partial charge in [0, 0.05) is 111 Å². The second kappa shape index (κ2) is 28.6. The van der Waals surface area contributed by atoms with Crippen LogP contribution in [-0.4, -0.2) is 42.8 Å². The van der Waals surface area contributed by atoms with E-state index in [1.165, 1.54) is 125 Å². The van der Waals surface area contributed by atoms with Crippen molar-refractivity contribution in [1.29, 1.82) is 0 Å². The summed E-state index contributed by atoms with van der Waals surface area (Å²) in [4.78, 5) is 20.0. The molecule has 11 heteroatoms. The Morgan fingerprint density at radius 3 is 1.43 bits per heavy atom. The van der Waals surface area contributed by atoms with Crippen molar-refractivity contribution < 1.29 is 4.42 Å². The number of hydrogen-bond acceptors (Lipinski definition) is 6. The van der Waals surface area contributed by atoms with Crippen molar-refractivity contribution >= 4 is 141 Å². The number of imidazole rings is 1. The van der Waals surface area contributed by atoms with Crippen molar-refractivity contribution in [3.63, 3.8) is 0 Å². The number of pyridine rings is 3. The van der Waals surface area contributed by atoms with E-state index in [-0.39, 0.29) is 17.8 Å². The number of rotatable bonds is 16. The average molecular weight is 1600 g/mol. The lowest BCUT2D eigenvalue weighted by Crippen LogP contribution is -2.15. The van der Waals surface area contributed by atoms with Gasteiger partial charge in [0.05, 0.1) is 61.0 Å². The molecule has 0 aliphatic rings. The molecule has 0 radical (unpaired) electrons. The lowest BCUT2D eigenvalue weighted by Gasteiger charge is -2.31. The summed E-state index contributed by atoms with van der Waals surface area (Å²) >= 11 is 1.87. The molecule has 586 valence electrons. The van der Waals surface area contributed by atoms with Crippen LogP contribution in [0, 0.1) is 20.8 Å². The van der Waals surface area contributed by atoms with E-state index in [1.54, 1.807) is 0 Å². The molecule has 10 nitrogen and oxygen atoms in total. The number of aromatic nitrogens is 9. The van der Waals surface area contributed by atoms with Crippen LogP contribution in [0.2, 0.25) is 0 Å². The molecule has 10 heterocycles. The van der Waals surface area contributed by atoms with Gasteiger partial charge in [0.1, 0.15) is 22.4 Å². The zero-order valence-corrected chi connectivity index (χ0v) is 69.4. The summed E-state index contributed by atoms with van der Waals surface area (Å²) < 4.78 is 21.3. The zero-order chi connectivity index (χ0) is 81.8. The van der Waals surface area contributed by atoms with Crippen LogP contribution in [-0.2, 0) is 0 Å². The fourth-order valence-corrected chi connectivity index (χ4v) is 21.8. The Labute approximate surface area is 713 Å².